The summed E-state index contributed by atoms with van der Waals surface area (Å²) in [4.78, 5) is 17.5. The lowest BCUT2D eigenvalue weighted by molar-refractivity contribution is 0.102. The highest BCUT2D eigenvalue weighted by atomic mass is 32.2. The van der Waals surface area contributed by atoms with Crippen molar-refractivity contribution >= 4 is 23.4 Å². The van der Waals surface area contributed by atoms with Crippen LogP contribution < -0.4 is 5.32 Å². The summed E-state index contributed by atoms with van der Waals surface area (Å²) >= 11 is 1.50. The van der Waals surface area contributed by atoms with Crippen molar-refractivity contribution in [3.63, 3.8) is 0 Å². The number of aryl methyl sites for hydroxylation is 3. The number of rotatable bonds is 6. The first-order chi connectivity index (χ1) is 16.6. The minimum Gasteiger partial charge on any atom is -0.361 e. The van der Waals surface area contributed by atoms with Crippen LogP contribution in [0.3, 0.4) is 0 Å². The van der Waals surface area contributed by atoms with Gasteiger partial charge >= 0.3 is 0 Å². The lowest BCUT2D eigenvalue weighted by Gasteiger charge is -2.10. The Labute approximate surface area is 202 Å². The van der Waals surface area contributed by atoms with E-state index in [9.17, 15) is 4.79 Å². The second kappa shape index (κ2) is 9.80. The standard InChI is InChI=1S/C25H26N6O2S/c1-16-21(17(2)33-30-16)15-34-25-20(7-6-13-26-25)24(32)27-19-11-9-18(10-12-19)23-29-28-22-8-4-3-5-14-31(22)23/h6-7,9-13H,3-5,8,14-15H2,1-2H3,(H,27,32). The smallest absolute Gasteiger partial charge is 0.258 e. The molecule has 174 valence electrons. The fraction of sp³-hybridized carbons (Fsp3) is 0.320. The minimum absolute atomic E-state index is 0.196. The quantitative estimate of drug-likeness (QED) is 0.383. The molecule has 0 aliphatic carbocycles. The summed E-state index contributed by atoms with van der Waals surface area (Å²) in [5, 5.41) is 16.5. The Kier molecular flexibility index (Phi) is 6.44. The Morgan fingerprint density at radius 3 is 2.76 bits per heavy atom. The lowest BCUT2D eigenvalue weighted by Crippen LogP contribution is -2.13. The third kappa shape index (κ3) is 4.61. The fourth-order valence-electron chi connectivity index (χ4n) is 4.13. The number of anilines is 1. The highest BCUT2D eigenvalue weighted by Crippen LogP contribution is 2.28. The van der Waals surface area contributed by atoms with Crippen molar-refractivity contribution in [2.75, 3.05) is 5.32 Å². The van der Waals surface area contributed by atoms with E-state index < -0.39 is 0 Å². The van der Waals surface area contributed by atoms with Gasteiger partial charge in [-0.1, -0.05) is 11.6 Å². The van der Waals surface area contributed by atoms with Gasteiger partial charge in [0.1, 0.15) is 16.6 Å². The molecule has 0 fully saturated rings. The van der Waals surface area contributed by atoms with E-state index in [1.165, 1.54) is 18.2 Å². The van der Waals surface area contributed by atoms with E-state index in [4.69, 9.17) is 4.52 Å². The van der Waals surface area contributed by atoms with Crippen molar-refractivity contribution in [1.82, 2.24) is 24.9 Å². The summed E-state index contributed by atoms with van der Waals surface area (Å²) in [6.45, 7) is 4.76. The number of pyridine rings is 1. The average molecular weight is 475 g/mol. The van der Waals surface area contributed by atoms with Gasteiger partial charge in [0.25, 0.3) is 5.91 Å². The summed E-state index contributed by atoms with van der Waals surface area (Å²) in [6.07, 6.45) is 6.20. The van der Waals surface area contributed by atoms with E-state index in [0.29, 0.717) is 16.3 Å². The number of carbonyl (C=O) groups is 1. The third-order valence-corrected chi connectivity index (χ3v) is 7.09. The first-order valence-corrected chi connectivity index (χ1v) is 12.4. The van der Waals surface area contributed by atoms with Crippen molar-refractivity contribution in [2.45, 2.75) is 56.9 Å². The number of thioether (sulfide) groups is 1. The minimum atomic E-state index is -0.196. The van der Waals surface area contributed by atoms with E-state index >= 15 is 0 Å². The zero-order valence-corrected chi connectivity index (χ0v) is 20.1. The van der Waals surface area contributed by atoms with Crippen LogP contribution in [0.4, 0.5) is 5.69 Å². The van der Waals surface area contributed by atoms with Gasteiger partial charge in [-0.2, -0.15) is 0 Å². The van der Waals surface area contributed by atoms with Crippen LogP contribution in [0.2, 0.25) is 0 Å². The van der Waals surface area contributed by atoms with Crippen LogP contribution in [-0.4, -0.2) is 30.8 Å². The van der Waals surface area contributed by atoms with E-state index in [1.54, 1.807) is 18.3 Å². The predicted octanol–water partition coefficient (Wildman–Crippen LogP) is 5.22. The molecule has 8 nitrogen and oxygen atoms in total. The van der Waals surface area contributed by atoms with Crippen LogP contribution in [0.5, 0.6) is 0 Å². The molecule has 0 atom stereocenters. The van der Waals surface area contributed by atoms with E-state index in [2.05, 4.69) is 30.2 Å². The maximum absolute atomic E-state index is 13.1. The number of aromatic nitrogens is 5. The van der Waals surface area contributed by atoms with Gasteiger partial charge in [0.2, 0.25) is 0 Å². The van der Waals surface area contributed by atoms with E-state index in [0.717, 1.165) is 65.7 Å². The lowest BCUT2D eigenvalue weighted by atomic mass is 10.2. The summed E-state index contributed by atoms with van der Waals surface area (Å²) < 4.78 is 7.46. The molecule has 3 aromatic heterocycles. The first kappa shape index (κ1) is 22.3. The van der Waals surface area contributed by atoms with Crippen molar-refractivity contribution in [2.24, 2.45) is 0 Å². The molecule has 1 amide bonds. The van der Waals surface area contributed by atoms with Crippen LogP contribution in [0.15, 0.2) is 52.1 Å². The zero-order valence-electron chi connectivity index (χ0n) is 19.2. The Hall–Kier alpha value is -3.46. The van der Waals surface area contributed by atoms with Crippen molar-refractivity contribution in [3.8, 4) is 11.4 Å². The van der Waals surface area contributed by atoms with E-state index in [1.807, 2.05) is 38.1 Å². The number of nitrogens with one attached hydrogen (secondary N) is 1. The van der Waals surface area contributed by atoms with Gasteiger partial charge in [0, 0.05) is 41.7 Å². The molecule has 0 bridgehead atoms. The van der Waals surface area contributed by atoms with Crippen LogP contribution >= 0.6 is 11.8 Å². The molecular formula is C25H26N6O2S. The first-order valence-electron chi connectivity index (χ1n) is 11.4. The monoisotopic (exact) mass is 474 g/mol. The summed E-state index contributed by atoms with van der Waals surface area (Å²) in [7, 11) is 0. The Morgan fingerprint density at radius 1 is 1.12 bits per heavy atom. The molecule has 4 heterocycles. The van der Waals surface area contributed by atoms with Gasteiger partial charge in [-0.15, -0.1) is 22.0 Å². The van der Waals surface area contributed by atoms with Crippen LogP contribution in [0.25, 0.3) is 11.4 Å². The maximum Gasteiger partial charge on any atom is 0.258 e. The summed E-state index contributed by atoms with van der Waals surface area (Å²) in [6, 6.07) is 11.3. The number of nitrogens with zero attached hydrogens (tertiary/aromatic N) is 5. The van der Waals surface area contributed by atoms with Gasteiger partial charge in [0.05, 0.1) is 11.3 Å². The highest BCUT2D eigenvalue weighted by molar-refractivity contribution is 7.98. The average Bonchev–Trinajstić information content (AvgIpc) is 3.31. The van der Waals surface area contributed by atoms with Crippen molar-refractivity contribution in [1.29, 1.82) is 0 Å². The molecule has 4 aromatic rings. The molecule has 0 radical (unpaired) electrons. The highest BCUT2D eigenvalue weighted by Gasteiger charge is 2.18. The SMILES string of the molecule is Cc1noc(C)c1CSc1ncccc1C(=O)Nc1ccc(-c2nnc3n2CCCCC3)cc1. The number of fused-ring (bicyclic) bond motifs is 1. The van der Waals surface area contributed by atoms with Crippen LogP contribution in [-0.2, 0) is 18.7 Å². The topological polar surface area (TPSA) is 98.7 Å². The molecule has 1 aliphatic rings. The summed E-state index contributed by atoms with van der Waals surface area (Å²) in [5.74, 6) is 3.17. The van der Waals surface area contributed by atoms with Gasteiger partial charge in [-0.3, -0.25) is 4.79 Å². The molecule has 0 saturated heterocycles. The normalized spacial score (nSPS) is 13.4. The number of benzene rings is 1. The second-order valence-electron chi connectivity index (χ2n) is 8.38. The number of hydrogen-bond acceptors (Lipinski definition) is 7. The van der Waals surface area contributed by atoms with Crippen molar-refractivity contribution < 1.29 is 9.32 Å². The van der Waals surface area contributed by atoms with Gasteiger partial charge in [-0.05, 0) is 63.1 Å². The number of amides is 1. The Morgan fingerprint density at radius 2 is 1.97 bits per heavy atom. The summed E-state index contributed by atoms with van der Waals surface area (Å²) in [5.41, 5.74) is 4.14. The number of hydrogen-bond donors (Lipinski definition) is 1. The second-order valence-corrected chi connectivity index (χ2v) is 9.35. The van der Waals surface area contributed by atoms with E-state index in [-0.39, 0.29) is 5.91 Å². The maximum atomic E-state index is 13.1. The molecular weight excluding hydrogens is 448 g/mol. The molecule has 5 rings (SSSR count). The number of carbonyl (C=O) groups excluding carboxylic acids is 1. The fourth-order valence-corrected chi connectivity index (χ4v) is 5.27. The molecule has 0 unspecified atom stereocenters. The van der Waals surface area contributed by atoms with Gasteiger partial charge < -0.3 is 14.4 Å². The van der Waals surface area contributed by atoms with Crippen LogP contribution in [0.1, 0.15) is 52.5 Å². The van der Waals surface area contributed by atoms with Crippen LogP contribution in [0, 0.1) is 13.8 Å². The Balaban J connectivity index is 1.29. The largest absolute Gasteiger partial charge is 0.361 e. The predicted molar refractivity (Wildman–Crippen MR) is 131 cm³/mol. The molecule has 9 heteroatoms. The van der Waals surface area contributed by atoms with Gasteiger partial charge in [-0.25, -0.2) is 4.98 Å². The molecule has 34 heavy (non-hydrogen) atoms. The third-order valence-electron chi connectivity index (χ3n) is 6.06. The molecule has 0 saturated carbocycles. The molecule has 1 aliphatic heterocycles. The Bertz CT molecular complexity index is 1290. The molecule has 0 spiro atoms. The van der Waals surface area contributed by atoms with Crippen molar-refractivity contribution in [3.05, 3.63) is 71.0 Å². The molecule has 1 N–H and O–H groups in total. The van der Waals surface area contributed by atoms with Gasteiger partial charge in [0.15, 0.2) is 5.82 Å². The zero-order chi connectivity index (χ0) is 23.5. The molecule has 1 aromatic carbocycles.